The zero-order valence-electron chi connectivity index (χ0n) is 13.7. The van der Waals surface area contributed by atoms with E-state index in [9.17, 15) is 9.18 Å². The van der Waals surface area contributed by atoms with Crippen LogP contribution in [-0.2, 0) is 5.54 Å². The summed E-state index contributed by atoms with van der Waals surface area (Å²) in [7, 11) is 0. The standard InChI is InChI=1S/C20H18FN3O/c21-16-8-2-1-7-15(16)20(10-3-4-11-20)24-19(25)14-6-5-9-17-18(14)23-13-12-22-17/h1-2,5-9,12-13H,3-4,10-11H2,(H,24,25). The van der Waals surface area contributed by atoms with Crippen LogP contribution in [0.5, 0.6) is 0 Å². The highest BCUT2D eigenvalue weighted by Gasteiger charge is 2.39. The number of hydrogen-bond donors (Lipinski definition) is 1. The van der Waals surface area contributed by atoms with Gasteiger partial charge in [-0.15, -0.1) is 0 Å². The molecule has 1 heterocycles. The van der Waals surface area contributed by atoms with Crippen molar-refractivity contribution in [2.24, 2.45) is 0 Å². The second-order valence-electron chi connectivity index (χ2n) is 6.45. The van der Waals surface area contributed by atoms with Crippen LogP contribution in [0.2, 0.25) is 0 Å². The van der Waals surface area contributed by atoms with Gasteiger partial charge in [0.15, 0.2) is 0 Å². The molecular formula is C20H18FN3O. The van der Waals surface area contributed by atoms with Gasteiger partial charge in [0, 0.05) is 18.0 Å². The van der Waals surface area contributed by atoms with Gasteiger partial charge >= 0.3 is 0 Å². The fourth-order valence-electron chi connectivity index (χ4n) is 3.75. The number of fused-ring (bicyclic) bond motifs is 1. The molecule has 1 N–H and O–H groups in total. The molecule has 1 aliphatic rings. The van der Waals surface area contributed by atoms with Crippen molar-refractivity contribution in [3.8, 4) is 0 Å². The molecule has 4 nitrogen and oxygen atoms in total. The molecule has 1 aliphatic carbocycles. The third-order valence-corrected chi connectivity index (χ3v) is 4.94. The van der Waals surface area contributed by atoms with Crippen LogP contribution in [0.1, 0.15) is 41.6 Å². The average Bonchev–Trinajstić information content (AvgIpc) is 3.11. The van der Waals surface area contributed by atoms with E-state index in [1.807, 2.05) is 12.1 Å². The van der Waals surface area contributed by atoms with Crippen molar-refractivity contribution in [1.82, 2.24) is 15.3 Å². The fraction of sp³-hybridized carbons (Fsp3) is 0.250. The number of carbonyl (C=O) groups is 1. The van der Waals surface area contributed by atoms with Gasteiger partial charge in [0.25, 0.3) is 5.91 Å². The van der Waals surface area contributed by atoms with Crippen molar-refractivity contribution in [3.63, 3.8) is 0 Å². The quantitative estimate of drug-likeness (QED) is 0.788. The van der Waals surface area contributed by atoms with Gasteiger partial charge in [-0.1, -0.05) is 37.1 Å². The summed E-state index contributed by atoms with van der Waals surface area (Å²) in [6.45, 7) is 0. The fourth-order valence-corrected chi connectivity index (χ4v) is 3.75. The number of aromatic nitrogens is 2. The molecule has 3 aromatic rings. The topological polar surface area (TPSA) is 54.9 Å². The summed E-state index contributed by atoms with van der Waals surface area (Å²) >= 11 is 0. The van der Waals surface area contributed by atoms with Gasteiger partial charge in [0.05, 0.1) is 16.6 Å². The highest BCUT2D eigenvalue weighted by atomic mass is 19.1. The zero-order valence-corrected chi connectivity index (χ0v) is 13.7. The van der Waals surface area contributed by atoms with Crippen molar-refractivity contribution >= 4 is 16.9 Å². The molecule has 126 valence electrons. The Morgan fingerprint density at radius 1 is 1.00 bits per heavy atom. The predicted molar refractivity (Wildman–Crippen MR) is 93.6 cm³/mol. The number of nitrogens with zero attached hydrogens (tertiary/aromatic N) is 2. The van der Waals surface area contributed by atoms with Crippen LogP contribution >= 0.6 is 0 Å². The Balaban J connectivity index is 1.74. The van der Waals surface area contributed by atoms with Gasteiger partial charge in [0.2, 0.25) is 0 Å². The number of nitrogens with one attached hydrogen (secondary N) is 1. The summed E-state index contributed by atoms with van der Waals surface area (Å²) in [5.41, 5.74) is 1.60. The molecule has 0 radical (unpaired) electrons. The van der Waals surface area contributed by atoms with E-state index in [0.29, 0.717) is 22.2 Å². The summed E-state index contributed by atoms with van der Waals surface area (Å²) in [6, 6.07) is 12.0. The molecule has 0 atom stereocenters. The summed E-state index contributed by atoms with van der Waals surface area (Å²) in [4.78, 5) is 21.5. The Morgan fingerprint density at radius 3 is 2.56 bits per heavy atom. The van der Waals surface area contributed by atoms with Crippen LogP contribution in [-0.4, -0.2) is 15.9 Å². The van der Waals surface area contributed by atoms with E-state index in [1.54, 1.807) is 36.7 Å². The van der Waals surface area contributed by atoms with E-state index in [2.05, 4.69) is 15.3 Å². The molecule has 0 unspecified atom stereocenters. The Kier molecular flexibility index (Phi) is 3.92. The van der Waals surface area contributed by atoms with Gasteiger partial charge in [0.1, 0.15) is 11.3 Å². The molecule has 1 fully saturated rings. The number of halogens is 1. The minimum atomic E-state index is -0.660. The molecule has 0 saturated heterocycles. The summed E-state index contributed by atoms with van der Waals surface area (Å²) < 4.78 is 14.4. The Hall–Kier alpha value is -2.82. The van der Waals surface area contributed by atoms with Crippen LogP contribution in [0.25, 0.3) is 11.0 Å². The normalized spacial score (nSPS) is 16.0. The van der Waals surface area contributed by atoms with Gasteiger partial charge in [-0.2, -0.15) is 0 Å². The van der Waals surface area contributed by atoms with Crippen molar-refractivity contribution in [3.05, 3.63) is 71.8 Å². The number of hydrogen-bond acceptors (Lipinski definition) is 3. The number of para-hydroxylation sites is 1. The molecule has 5 heteroatoms. The molecule has 0 aliphatic heterocycles. The predicted octanol–water partition coefficient (Wildman–Crippen LogP) is 3.97. The Labute approximate surface area is 145 Å². The lowest BCUT2D eigenvalue weighted by molar-refractivity contribution is 0.0898. The average molecular weight is 335 g/mol. The lowest BCUT2D eigenvalue weighted by atomic mass is 9.87. The second-order valence-corrected chi connectivity index (χ2v) is 6.45. The first-order valence-corrected chi connectivity index (χ1v) is 8.47. The monoisotopic (exact) mass is 335 g/mol. The summed E-state index contributed by atoms with van der Waals surface area (Å²) in [5, 5.41) is 3.11. The molecule has 1 saturated carbocycles. The van der Waals surface area contributed by atoms with Crippen molar-refractivity contribution in [2.45, 2.75) is 31.2 Å². The number of amides is 1. The molecule has 0 bridgehead atoms. The molecule has 0 spiro atoms. The van der Waals surface area contributed by atoms with Crippen molar-refractivity contribution in [1.29, 1.82) is 0 Å². The van der Waals surface area contributed by atoms with Crippen molar-refractivity contribution < 1.29 is 9.18 Å². The van der Waals surface area contributed by atoms with Crippen LogP contribution in [0, 0.1) is 5.82 Å². The van der Waals surface area contributed by atoms with Gasteiger partial charge < -0.3 is 5.32 Å². The third kappa shape index (κ3) is 2.76. The molecular weight excluding hydrogens is 317 g/mol. The lowest BCUT2D eigenvalue weighted by Crippen LogP contribution is -2.44. The molecule has 25 heavy (non-hydrogen) atoms. The Morgan fingerprint density at radius 2 is 1.76 bits per heavy atom. The van der Waals surface area contributed by atoms with Gasteiger partial charge in [-0.25, -0.2) is 4.39 Å². The van der Waals surface area contributed by atoms with Crippen LogP contribution in [0.15, 0.2) is 54.9 Å². The minimum absolute atomic E-state index is 0.240. The minimum Gasteiger partial charge on any atom is -0.342 e. The first kappa shape index (κ1) is 15.7. The van der Waals surface area contributed by atoms with E-state index in [1.165, 1.54) is 6.07 Å². The highest BCUT2D eigenvalue weighted by molar-refractivity contribution is 6.04. The summed E-state index contributed by atoms with van der Waals surface area (Å²) in [6.07, 6.45) is 6.56. The maximum atomic E-state index is 14.4. The number of rotatable bonds is 3. The van der Waals surface area contributed by atoms with Crippen LogP contribution < -0.4 is 5.32 Å². The molecule has 4 rings (SSSR count). The van der Waals surface area contributed by atoms with Crippen LogP contribution in [0.4, 0.5) is 4.39 Å². The van der Waals surface area contributed by atoms with Crippen LogP contribution in [0.3, 0.4) is 0 Å². The smallest absolute Gasteiger partial charge is 0.254 e. The van der Waals surface area contributed by atoms with Crippen molar-refractivity contribution in [2.75, 3.05) is 0 Å². The zero-order chi connectivity index (χ0) is 17.3. The van der Waals surface area contributed by atoms with E-state index in [0.717, 1.165) is 25.7 Å². The molecule has 1 aromatic heterocycles. The first-order chi connectivity index (χ1) is 12.2. The SMILES string of the molecule is O=C(NC1(c2ccccc2F)CCCC1)c1cccc2nccnc12. The maximum absolute atomic E-state index is 14.4. The highest BCUT2D eigenvalue weighted by Crippen LogP contribution is 2.40. The Bertz CT molecular complexity index is 930. The maximum Gasteiger partial charge on any atom is 0.254 e. The number of carbonyl (C=O) groups excluding carboxylic acids is 1. The lowest BCUT2D eigenvalue weighted by Gasteiger charge is -2.31. The second kappa shape index (κ2) is 6.24. The van der Waals surface area contributed by atoms with E-state index in [4.69, 9.17) is 0 Å². The first-order valence-electron chi connectivity index (χ1n) is 8.47. The molecule has 1 amide bonds. The summed E-state index contributed by atoms with van der Waals surface area (Å²) in [5.74, 6) is -0.515. The van der Waals surface area contributed by atoms with Gasteiger partial charge in [-0.3, -0.25) is 14.8 Å². The van der Waals surface area contributed by atoms with Gasteiger partial charge in [-0.05, 0) is 31.0 Å². The third-order valence-electron chi connectivity index (χ3n) is 4.94. The van der Waals surface area contributed by atoms with E-state index in [-0.39, 0.29) is 11.7 Å². The largest absolute Gasteiger partial charge is 0.342 e. The van der Waals surface area contributed by atoms with E-state index >= 15 is 0 Å². The van der Waals surface area contributed by atoms with E-state index < -0.39 is 5.54 Å². The number of benzene rings is 2. The molecule has 2 aromatic carbocycles.